The summed E-state index contributed by atoms with van der Waals surface area (Å²) >= 11 is 4.84. The van der Waals surface area contributed by atoms with Crippen LogP contribution in [-0.2, 0) is 10.0 Å². The van der Waals surface area contributed by atoms with Gasteiger partial charge >= 0.3 is 0 Å². The van der Waals surface area contributed by atoms with E-state index in [2.05, 4.69) is 22.9 Å². The summed E-state index contributed by atoms with van der Waals surface area (Å²) in [6.07, 6.45) is 4.19. The molecule has 0 amide bonds. The van der Waals surface area contributed by atoms with E-state index in [1.54, 1.807) is 17.4 Å². The van der Waals surface area contributed by atoms with E-state index in [9.17, 15) is 8.42 Å². The van der Waals surface area contributed by atoms with Crippen LogP contribution in [0, 0.1) is 12.8 Å². The van der Waals surface area contributed by atoms with E-state index in [4.69, 9.17) is 0 Å². The molecule has 0 saturated heterocycles. The molecule has 0 N–H and O–H groups in total. The third-order valence-electron chi connectivity index (χ3n) is 4.00. The highest BCUT2D eigenvalue weighted by atomic mass is 79.9. The Kier molecular flexibility index (Phi) is 4.75. The van der Waals surface area contributed by atoms with Crippen LogP contribution in [0.2, 0.25) is 0 Å². The summed E-state index contributed by atoms with van der Waals surface area (Å²) in [5, 5.41) is 0. The molecule has 108 valence electrons. The zero-order chi connectivity index (χ0) is 14.2. The van der Waals surface area contributed by atoms with Crippen molar-refractivity contribution in [3.63, 3.8) is 0 Å². The van der Waals surface area contributed by atoms with E-state index in [1.165, 1.54) is 11.3 Å². The summed E-state index contributed by atoms with van der Waals surface area (Å²) < 4.78 is 27.8. The highest BCUT2D eigenvalue weighted by molar-refractivity contribution is 9.11. The topological polar surface area (TPSA) is 37.4 Å². The van der Waals surface area contributed by atoms with Gasteiger partial charge in [-0.2, -0.15) is 4.31 Å². The Labute approximate surface area is 128 Å². The maximum absolute atomic E-state index is 12.7. The van der Waals surface area contributed by atoms with Gasteiger partial charge < -0.3 is 0 Å². The Balaban J connectivity index is 2.22. The first kappa shape index (κ1) is 15.5. The van der Waals surface area contributed by atoms with Crippen LogP contribution in [0.1, 0.15) is 37.5 Å². The third-order valence-corrected chi connectivity index (χ3v) is 7.72. The van der Waals surface area contributed by atoms with Gasteiger partial charge in [-0.1, -0.05) is 6.92 Å². The fraction of sp³-hybridized carbons (Fsp3) is 0.692. The van der Waals surface area contributed by atoms with Gasteiger partial charge in [0.2, 0.25) is 10.0 Å². The number of sulfonamides is 1. The van der Waals surface area contributed by atoms with Crippen molar-refractivity contribution in [2.75, 3.05) is 7.05 Å². The molecule has 1 saturated carbocycles. The lowest BCUT2D eigenvalue weighted by Crippen LogP contribution is -2.39. The smallest absolute Gasteiger partial charge is 0.207 e. The zero-order valence-electron chi connectivity index (χ0n) is 11.5. The van der Waals surface area contributed by atoms with Gasteiger partial charge in [-0.25, -0.2) is 8.42 Å². The zero-order valence-corrected chi connectivity index (χ0v) is 14.7. The summed E-state index contributed by atoms with van der Waals surface area (Å²) in [7, 11) is -1.63. The Morgan fingerprint density at radius 3 is 2.37 bits per heavy atom. The molecule has 1 aliphatic rings. The lowest BCUT2D eigenvalue weighted by molar-refractivity contribution is 0.246. The standard InChI is InChI=1S/C13H20BrNO2S2/c1-9-4-6-11(7-5-9)15(3)19(16,17)12-8-13(14)18-10(12)2/h8-9,11H,4-7H2,1-3H3. The van der Waals surface area contributed by atoms with Gasteiger partial charge in [-0.3, -0.25) is 0 Å². The molecular formula is C13H20BrNO2S2. The Bertz CT molecular complexity index is 545. The number of hydrogen-bond donors (Lipinski definition) is 0. The number of hydrogen-bond acceptors (Lipinski definition) is 3. The molecule has 0 radical (unpaired) electrons. The second-order valence-electron chi connectivity index (χ2n) is 5.41. The van der Waals surface area contributed by atoms with E-state index < -0.39 is 10.0 Å². The first-order chi connectivity index (χ1) is 8.82. The molecule has 0 aromatic carbocycles. The molecule has 6 heteroatoms. The van der Waals surface area contributed by atoms with Crippen LogP contribution in [0.3, 0.4) is 0 Å². The van der Waals surface area contributed by atoms with E-state index in [-0.39, 0.29) is 6.04 Å². The van der Waals surface area contributed by atoms with Crippen molar-refractivity contribution in [1.82, 2.24) is 4.31 Å². The van der Waals surface area contributed by atoms with Gasteiger partial charge in [-0.05, 0) is 60.5 Å². The molecule has 19 heavy (non-hydrogen) atoms. The fourth-order valence-electron chi connectivity index (χ4n) is 2.64. The van der Waals surface area contributed by atoms with Crippen LogP contribution >= 0.6 is 27.3 Å². The lowest BCUT2D eigenvalue weighted by atomic mass is 9.87. The van der Waals surface area contributed by atoms with Crippen molar-refractivity contribution >= 4 is 37.3 Å². The molecule has 2 rings (SSSR count). The lowest BCUT2D eigenvalue weighted by Gasteiger charge is -2.32. The van der Waals surface area contributed by atoms with Gasteiger partial charge in [0.05, 0.1) is 8.68 Å². The summed E-state index contributed by atoms with van der Waals surface area (Å²) in [5.74, 6) is 0.726. The number of rotatable bonds is 3. The predicted octanol–water partition coefficient (Wildman–Crippen LogP) is 4.02. The minimum Gasteiger partial charge on any atom is -0.207 e. The maximum atomic E-state index is 12.7. The van der Waals surface area contributed by atoms with Gasteiger partial charge in [-0.15, -0.1) is 11.3 Å². The molecule has 1 aromatic heterocycles. The average Bonchev–Trinajstić information content (AvgIpc) is 2.69. The van der Waals surface area contributed by atoms with E-state index >= 15 is 0 Å². The van der Waals surface area contributed by atoms with E-state index in [0.717, 1.165) is 40.3 Å². The molecule has 1 aromatic rings. The first-order valence-corrected chi connectivity index (χ1v) is 9.61. The Hall–Kier alpha value is 0.0900. The fourth-order valence-corrected chi connectivity index (χ4v) is 6.44. The van der Waals surface area contributed by atoms with Crippen LogP contribution in [0.5, 0.6) is 0 Å². The van der Waals surface area contributed by atoms with Gasteiger partial charge in [0.1, 0.15) is 0 Å². The normalized spacial score (nSPS) is 24.9. The summed E-state index contributed by atoms with van der Waals surface area (Å²) in [4.78, 5) is 1.30. The second-order valence-corrected chi connectivity index (χ2v) is 10.0. The molecule has 0 aliphatic heterocycles. The van der Waals surface area contributed by atoms with Gasteiger partial charge in [0.15, 0.2) is 0 Å². The molecule has 0 unspecified atom stereocenters. The quantitative estimate of drug-likeness (QED) is 0.810. The van der Waals surface area contributed by atoms with Crippen molar-refractivity contribution in [3.8, 4) is 0 Å². The molecule has 1 heterocycles. The van der Waals surface area contributed by atoms with Crippen LogP contribution in [0.25, 0.3) is 0 Å². The minimum atomic E-state index is -3.35. The van der Waals surface area contributed by atoms with Crippen molar-refractivity contribution < 1.29 is 8.42 Å². The van der Waals surface area contributed by atoms with Crippen molar-refractivity contribution in [3.05, 3.63) is 14.7 Å². The van der Waals surface area contributed by atoms with Gasteiger partial charge in [0.25, 0.3) is 0 Å². The molecular weight excluding hydrogens is 346 g/mol. The highest BCUT2D eigenvalue weighted by Gasteiger charge is 2.32. The Morgan fingerprint density at radius 1 is 1.32 bits per heavy atom. The Morgan fingerprint density at radius 2 is 1.89 bits per heavy atom. The highest BCUT2D eigenvalue weighted by Crippen LogP contribution is 2.34. The number of nitrogens with zero attached hydrogens (tertiary/aromatic N) is 1. The van der Waals surface area contributed by atoms with Gasteiger partial charge in [0, 0.05) is 18.0 Å². The maximum Gasteiger partial charge on any atom is 0.244 e. The molecule has 1 aliphatic carbocycles. The second kappa shape index (κ2) is 5.84. The number of thiophene rings is 1. The van der Waals surface area contributed by atoms with Crippen molar-refractivity contribution in [2.45, 2.75) is 50.5 Å². The molecule has 0 bridgehead atoms. The number of aryl methyl sites for hydroxylation is 1. The van der Waals surface area contributed by atoms with Crippen LogP contribution < -0.4 is 0 Å². The largest absolute Gasteiger partial charge is 0.244 e. The predicted molar refractivity (Wildman–Crippen MR) is 83.1 cm³/mol. The van der Waals surface area contributed by atoms with Crippen LogP contribution in [0.15, 0.2) is 14.7 Å². The summed E-state index contributed by atoms with van der Waals surface area (Å²) in [6, 6.07) is 1.87. The minimum absolute atomic E-state index is 0.152. The van der Waals surface area contributed by atoms with Crippen LogP contribution in [-0.4, -0.2) is 25.8 Å². The molecule has 1 fully saturated rings. The first-order valence-electron chi connectivity index (χ1n) is 6.56. The summed E-state index contributed by atoms with van der Waals surface area (Å²) in [5.41, 5.74) is 0. The molecule has 0 spiro atoms. The monoisotopic (exact) mass is 365 g/mol. The molecule has 0 atom stereocenters. The average molecular weight is 366 g/mol. The van der Waals surface area contributed by atoms with Crippen LogP contribution in [0.4, 0.5) is 0 Å². The van der Waals surface area contributed by atoms with Crippen molar-refractivity contribution in [1.29, 1.82) is 0 Å². The van der Waals surface area contributed by atoms with Crippen molar-refractivity contribution in [2.24, 2.45) is 5.92 Å². The molecule has 3 nitrogen and oxygen atoms in total. The number of halogens is 1. The SMILES string of the molecule is Cc1sc(Br)cc1S(=O)(=O)N(C)C1CCC(C)CC1. The van der Waals surface area contributed by atoms with E-state index in [0.29, 0.717) is 4.90 Å². The van der Waals surface area contributed by atoms with E-state index in [1.807, 2.05) is 6.92 Å². The third kappa shape index (κ3) is 3.23. The summed E-state index contributed by atoms with van der Waals surface area (Å²) in [6.45, 7) is 4.10.